The SMILES string of the molecule is COC(=O)NCC1CN(c2cc(F)c(N3CCN(C(=O)CNC(=O)c4cn5cccnc5n4)CC3)c(F)c2)C(=O)O1. The molecule has 1 unspecified atom stereocenters. The number of carbonyl (C=O) groups is 4. The van der Waals surface area contributed by atoms with Crippen molar-refractivity contribution in [3.8, 4) is 0 Å². The smallest absolute Gasteiger partial charge is 0.414 e. The Bertz CT molecular complexity index is 1440. The van der Waals surface area contributed by atoms with Gasteiger partial charge >= 0.3 is 12.2 Å². The molecule has 41 heavy (non-hydrogen) atoms. The molecule has 2 aliphatic rings. The number of nitrogens with zero attached hydrogens (tertiary/aromatic N) is 6. The number of ether oxygens (including phenoxy) is 2. The lowest BCUT2D eigenvalue weighted by Crippen LogP contribution is -2.51. The molecule has 0 saturated carbocycles. The Labute approximate surface area is 231 Å². The van der Waals surface area contributed by atoms with E-state index in [4.69, 9.17) is 4.74 Å². The fourth-order valence-electron chi connectivity index (χ4n) is 4.60. The zero-order chi connectivity index (χ0) is 29.1. The first-order chi connectivity index (χ1) is 19.7. The van der Waals surface area contributed by atoms with Gasteiger partial charge in [0, 0.05) is 56.9 Å². The number of carbonyl (C=O) groups excluding carboxylic acids is 4. The number of aromatic nitrogens is 3. The van der Waals surface area contributed by atoms with Crippen LogP contribution in [0.25, 0.3) is 5.78 Å². The molecule has 5 rings (SSSR count). The van der Waals surface area contributed by atoms with Crippen molar-refractivity contribution in [2.75, 3.05) is 62.7 Å². The summed E-state index contributed by atoms with van der Waals surface area (Å²) in [6, 6.07) is 3.77. The molecule has 0 aliphatic carbocycles. The number of rotatable bonds is 7. The molecular weight excluding hydrogens is 546 g/mol. The lowest BCUT2D eigenvalue weighted by atomic mass is 10.2. The van der Waals surface area contributed by atoms with Crippen molar-refractivity contribution in [3.05, 3.63) is 54.1 Å². The van der Waals surface area contributed by atoms with E-state index in [0.29, 0.717) is 5.78 Å². The quantitative estimate of drug-likeness (QED) is 0.418. The molecule has 0 spiro atoms. The van der Waals surface area contributed by atoms with Crippen molar-refractivity contribution in [2.24, 2.45) is 0 Å². The highest BCUT2D eigenvalue weighted by atomic mass is 19.1. The third kappa shape index (κ3) is 5.95. The lowest BCUT2D eigenvalue weighted by Gasteiger charge is -2.36. The Morgan fingerprint density at radius 3 is 2.54 bits per heavy atom. The van der Waals surface area contributed by atoms with Crippen LogP contribution in [0.1, 0.15) is 10.5 Å². The number of imidazole rings is 1. The van der Waals surface area contributed by atoms with Gasteiger partial charge in [0.1, 0.15) is 17.5 Å². The predicted molar refractivity (Wildman–Crippen MR) is 138 cm³/mol. The topological polar surface area (TPSA) is 151 Å². The number of nitrogens with one attached hydrogen (secondary N) is 2. The molecule has 1 atom stereocenters. The van der Waals surface area contributed by atoms with E-state index in [1.807, 2.05) is 0 Å². The van der Waals surface area contributed by atoms with Gasteiger partial charge in [-0.2, -0.15) is 0 Å². The van der Waals surface area contributed by atoms with E-state index in [2.05, 4.69) is 25.3 Å². The van der Waals surface area contributed by atoms with E-state index in [9.17, 15) is 19.2 Å². The fraction of sp³-hybridized carbons (Fsp3) is 0.360. The van der Waals surface area contributed by atoms with Gasteiger partial charge in [-0.3, -0.25) is 18.9 Å². The van der Waals surface area contributed by atoms with Gasteiger partial charge < -0.3 is 29.9 Å². The van der Waals surface area contributed by atoms with Crippen LogP contribution in [0.5, 0.6) is 0 Å². The van der Waals surface area contributed by atoms with Gasteiger partial charge in [0.05, 0.1) is 32.4 Å². The van der Waals surface area contributed by atoms with Crippen molar-refractivity contribution in [3.63, 3.8) is 0 Å². The minimum absolute atomic E-state index is 0.0214. The highest BCUT2D eigenvalue weighted by Gasteiger charge is 2.34. The molecule has 2 fully saturated rings. The van der Waals surface area contributed by atoms with Gasteiger partial charge in [-0.1, -0.05) is 0 Å². The molecule has 3 aromatic rings. The van der Waals surface area contributed by atoms with Crippen LogP contribution in [-0.4, -0.2) is 102 Å². The molecule has 2 aliphatic heterocycles. The maximum Gasteiger partial charge on any atom is 0.414 e. The zero-order valence-corrected chi connectivity index (χ0v) is 21.9. The normalized spacial score (nSPS) is 17.0. The second-order valence-electron chi connectivity index (χ2n) is 9.25. The standard InChI is InChI=1S/C25H26F2N8O6/c1-40-24(38)30-11-16-13-35(25(39)41-16)15-9-17(26)21(18(27)10-15)33-7-5-32(6-8-33)20(36)12-29-22(37)19-14-34-4-2-3-28-23(34)31-19/h2-4,9-10,14,16H,5-8,11-13H2,1H3,(H,29,37)(H,30,38). The first kappa shape index (κ1) is 27.5. The number of amides is 4. The summed E-state index contributed by atoms with van der Waals surface area (Å²) < 4.78 is 41.4. The summed E-state index contributed by atoms with van der Waals surface area (Å²) in [5.41, 5.74) is -0.183. The van der Waals surface area contributed by atoms with E-state index in [0.717, 1.165) is 17.0 Å². The predicted octanol–water partition coefficient (Wildman–Crippen LogP) is 0.767. The van der Waals surface area contributed by atoms with Crippen LogP contribution in [0.3, 0.4) is 0 Å². The number of alkyl carbamates (subject to hydrolysis) is 1. The number of fused-ring (bicyclic) bond motifs is 1. The van der Waals surface area contributed by atoms with E-state index >= 15 is 8.78 Å². The maximum atomic E-state index is 15.1. The number of piperazine rings is 1. The molecule has 1 aromatic carbocycles. The van der Waals surface area contributed by atoms with E-state index < -0.39 is 35.8 Å². The summed E-state index contributed by atoms with van der Waals surface area (Å²) >= 11 is 0. The van der Waals surface area contributed by atoms with Crippen LogP contribution in [0.2, 0.25) is 0 Å². The summed E-state index contributed by atoms with van der Waals surface area (Å²) in [4.78, 5) is 60.8. The molecule has 4 amide bonds. The van der Waals surface area contributed by atoms with Crippen LogP contribution < -0.4 is 20.4 Å². The molecule has 216 valence electrons. The second kappa shape index (κ2) is 11.6. The number of anilines is 2. The Morgan fingerprint density at radius 2 is 1.85 bits per heavy atom. The minimum atomic E-state index is -0.877. The van der Waals surface area contributed by atoms with Crippen LogP contribution in [0, 0.1) is 11.6 Å². The first-order valence-electron chi connectivity index (χ1n) is 12.6. The summed E-state index contributed by atoms with van der Waals surface area (Å²) in [5, 5.41) is 4.94. The maximum absolute atomic E-state index is 15.1. The Kier molecular flexibility index (Phi) is 7.80. The average molecular weight is 573 g/mol. The van der Waals surface area contributed by atoms with Crippen molar-refractivity contribution >= 4 is 41.2 Å². The number of benzene rings is 1. The van der Waals surface area contributed by atoms with E-state index in [1.165, 1.54) is 23.1 Å². The monoisotopic (exact) mass is 572 g/mol. The van der Waals surface area contributed by atoms with Gasteiger partial charge in [0.15, 0.2) is 11.6 Å². The molecule has 2 aromatic heterocycles. The summed E-state index contributed by atoms with van der Waals surface area (Å²) in [5.74, 6) is -2.28. The Morgan fingerprint density at radius 1 is 1.12 bits per heavy atom. The molecule has 0 bridgehead atoms. The third-order valence-electron chi connectivity index (χ3n) is 6.66. The van der Waals surface area contributed by atoms with E-state index in [1.54, 1.807) is 22.9 Å². The van der Waals surface area contributed by atoms with Crippen molar-refractivity contribution < 1.29 is 37.4 Å². The fourth-order valence-corrected chi connectivity index (χ4v) is 4.60. The lowest BCUT2D eigenvalue weighted by molar-refractivity contribution is -0.130. The molecule has 4 heterocycles. The zero-order valence-electron chi connectivity index (χ0n) is 21.9. The molecule has 16 heteroatoms. The van der Waals surface area contributed by atoms with Gasteiger partial charge in [0.2, 0.25) is 11.7 Å². The first-order valence-corrected chi connectivity index (χ1v) is 12.6. The van der Waals surface area contributed by atoms with Crippen LogP contribution >= 0.6 is 0 Å². The summed E-state index contributed by atoms with van der Waals surface area (Å²) in [6.45, 7) is 0.354. The number of cyclic esters (lactones) is 1. The van der Waals surface area contributed by atoms with Crippen LogP contribution in [0.4, 0.5) is 29.7 Å². The van der Waals surface area contributed by atoms with Crippen molar-refractivity contribution in [1.82, 2.24) is 29.9 Å². The van der Waals surface area contributed by atoms with Gasteiger partial charge in [-0.05, 0) is 6.07 Å². The van der Waals surface area contributed by atoms with Crippen LogP contribution in [-0.2, 0) is 14.3 Å². The number of methoxy groups -OCH3 is 1. The minimum Gasteiger partial charge on any atom is -0.453 e. The summed E-state index contributed by atoms with van der Waals surface area (Å²) in [6.07, 6.45) is 2.52. The van der Waals surface area contributed by atoms with Gasteiger partial charge in [0.25, 0.3) is 5.91 Å². The average Bonchev–Trinajstić information content (AvgIpc) is 3.57. The highest BCUT2D eigenvalue weighted by Crippen LogP contribution is 2.31. The van der Waals surface area contributed by atoms with Gasteiger partial charge in [-0.15, -0.1) is 0 Å². The molecule has 14 nitrogen and oxygen atoms in total. The number of halogens is 2. The summed E-state index contributed by atoms with van der Waals surface area (Å²) in [7, 11) is 1.19. The van der Waals surface area contributed by atoms with Crippen molar-refractivity contribution in [1.29, 1.82) is 0 Å². The largest absolute Gasteiger partial charge is 0.453 e. The molecule has 0 radical (unpaired) electrons. The second-order valence-corrected chi connectivity index (χ2v) is 9.25. The molecule has 2 N–H and O–H groups in total. The third-order valence-corrected chi connectivity index (χ3v) is 6.66. The van der Waals surface area contributed by atoms with Crippen molar-refractivity contribution in [2.45, 2.75) is 6.10 Å². The Hall–Kier alpha value is -5.02. The number of hydrogen-bond acceptors (Lipinski definition) is 9. The Balaban J connectivity index is 1.14. The van der Waals surface area contributed by atoms with E-state index in [-0.39, 0.29) is 68.8 Å². The highest BCUT2D eigenvalue weighted by molar-refractivity contribution is 5.95. The van der Waals surface area contributed by atoms with Gasteiger partial charge in [-0.25, -0.2) is 28.3 Å². The number of hydrogen-bond donors (Lipinski definition) is 2. The van der Waals surface area contributed by atoms with Crippen LogP contribution in [0.15, 0.2) is 36.8 Å². The molecular formula is C25H26F2N8O6. The molecule has 2 saturated heterocycles.